The number of aromatic nitrogens is 5. The number of fused-ring (bicyclic) bond motifs is 1. The fraction of sp³-hybridized carbons (Fsp3) is 0.0833. The molecule has 5 rings (SSSR count). The summed E-state index contributed by atoms with van der Waals surface area (Å²) in [4.78, 5) is 17.0. The van der Waals surface area contributed by atoms with Gasteiger partial charge < -0.3 is 4.74 Å². The Morgan fingerprint density at radius 2 is 1.77 bits per heavy atom. The molecule has 0 aliphatic heterocycles. The molecule has 0 unspecified atom stereocenters. The minimum Gasteiger partial charge on any atom is -0.406 e. The molecule has 176 valence electrons. The van der Waals surface area contributed by atoms with Crippen molar-refractivity contribution in [3.8, 4) is 28.5 Å². The molecule has 0 saturated heterocycles. The molecule has 2 aromatic carbocycles. The second kappa shape index (κ2) is 8.35. The molecule has 0 saturated carbocycles. The Bertz CT molecular complexity index is 1610. The largest absolute Gasteiger partial charge is 0.573 e. The highest BCUT2D eigenvalue weighted by Gasteiger charge is 2.31. The number of rotatable bonds is 4. The van der Waals surface area contributed by atoms with Crippen LogP contribution in [0.15, 0.2) is 77.9 Å². The van der Waals surface area contributed by atoms with Crippen molar-refractivity contribution >= 4 is 10.9 Å². The lowest BCUT2D eigenvalue weighted by Gasteiger charge is -2.13. The summed E-state index contributed by atoms with van der Waals surface area (Å²) in [5.41, 5.74) is 1.62. The van der Waals surface area contributed by atoms with Crippen LogP contribution in [0.2, 0.25) is 0 Å². The number of nitrogens with zero attached hydrogens (tertiary/aromatic N) is 5. The standard InChI is InChI=1S/C24H15F4N5O2/c1-14-13-20(17-3-2-4-18(25)22(17)30-14)33-19(9-11-29-33)23-21(34)10-12-32(31-23)15-5-7-16(8-6-15)35-24(26,27)28/h2-13H,1H3. The molecule has 5 aromatic rings. The maximum Gasteiger partial charge on any atom is 0.573 e. The van der Waals surface area contributed by atoms with Crippen LogP contribution in [0.3, 0.4) is 0 Å². The van der Waals surface area contributed by atoms with Crippen molar-refractivity contribution in [2.45, 2.75) is 13.3 Å². The van der Waals surface area contributed by atoms with Gasteiger partial charge in [0.25, 0.3) is 0 Å². The zero-order valence-corrected chi connectivity index (χ0v) is 18.0. The molecule has 7 nitrogen and oxygen atoms in total. The summed E-state index contributed by atoms with van der Waals surface area (Å²) in [6, 6.07) is 14.2. The third-order valence-corrected chi connectivity index (χ3v) is 5.15. The van der Waals surface area contributed by atoms with Crippen molar-refractivity contribution in [3.05, 3.63) is 94.8 Å². The number of pyridine rings is 1. The Balaban J connectivity index is 1.60. The Hall–Kier alpha value is -4.54. The van der Waals surface area contributed by atoms with Gasteiger partial charge in [0.05, 0.1) is 23.3 Å². The van der Waals surface area contributed by atoms with E-state index < -0.39 is 17.6 Å². The van der Waals surface area contributed by atoms with E-state index >= 15 is 0 Å². The smallest absolute Gasteiger partial charge is 0.406 e. The first-order valence-electron chi connectivity index (χ1n) is 10.3. The van der Waals surface area contributed by atoms with Crippen molar-refractivity contribution in [2.75, 3.05) is 0 Å². The van der Waals surface area contributed by atoms with Crippen LogP contribution in [0.4, 0.5) is 17.6 Å². The van der Waals surface area contributed by atoms with E-state index in [1.54, 1.807) is 31.2 Å². The molecule has 3 aromatic heterocycles. The van der Waals surface area contributed by atoms with Crippen molar-refractivity contribution in [2.24, 2.45) is 0 Å². The normalized spacial score (nSPS) is 11.7. The van der Waals surface area contributed by atoms with Gasteiger partial charge in [-0.15, -0.1) is 13.2 Å². The first-order chi connectivity index (χ1) is 16.7. The molecule has 0 N–H and O–H groups in total. The quantitative estimate of drug-likeness (QED) is 0.339. The van der Waals surface area contributed by atoms with E-state index in [2.05, 4.69) is 19.9 Å². The SMILES string of the molecule is Cc1cc(-n2nccc2-c2nn(-c3ccc(OC(F)(F)F)cc3)ccc2=O)c2cccc(F)c2n1. The van der Waals surface area contributed by atoms with Crippen LogP contribution in [0.1, 0.15) is 5.69 Å². The molecular weight excluding hydrogens is 466 g/mol. The van der Waals surface area contributed by atoms with Crippen LogP contribution in [0.25, 0.3) is 33.7 Å². The Morgan fingerprint density at radius 3 is 2.51 bits per heavy atom. The summed E-state index contributed by atoms with van der Waals surface area (Å²) in [6.07, 6.45) is -1.92. The Labute approximate surface area is 194 Å². The van der Waals surface area contributed by atoms with E-state index in [4.69, 9.17) is 0 Å². The molecule has 0 aliphatic carbocycles. The van der Waals surface area contributed by atoms with Gasteiger partial charge in [0.15, 0.2) is 5.69 Å². The molecule has 0 atom stereocenters. The minimum atomic E-state index is -4.80. The number of halogens is 4. The fourth-order valence-electron chi connectivity index (χ4n) is 3.70. The first-order valence-corrected chi connectivity index (χ1v) is 10.3. The highest BCUT2D eigenvalue weighted by Crippen LogP contribution is 2.27. The van der Waals surface area contributed by atoms with Gasteiger partial charge in [-0.2, -0.15) is 10.2 Å². The molecule has 0 bridgehead atoms. The van der Waals surface area contributed by atoms with Crippen LogP contribution < -0.4 is 10.2 Å². The minimum absolute atomic E-state index is 0.0413. The molecule has 0 radical (unpaired) electrons. The van der Waals surface area contributed by atoms with Gasteiger partial charge in [0.2, 0.25) is 5.43 Å². The average molecular weight is 481 g/mol. The lowest BCUT2D eigenvalue weighted by Crippen LogP contribution is -2.17. The van der Waals surface area contributed by atoms with Gasteiger partial charge in [-0.3, -0.25) is 4.79 Å². The molecule has 11 heteroatoms. The van der Waals surface area contributed by atoms with Crippen LogP contribution in [-0.2, 0) is 0 Å². The van der Waals surface area contributed by atoms with Gasteiger partial charge in [-0.1, -0.05) is 12.1 Å². The van der Waals surface area contributed by atoms with Crippen LogP contribution >= 0.6 is 0 Å². The molecule has 0 aliphatic rings. The second-order valence-electron chi connectivity index (χ2n) is 7.56. The fourth-order valence-corrected chi connectivity index (χ4v) is 3.70. The Morgan fingerprint density at radius 1 is 1.00 bits per heavy atom. The van der Waals surface area contributed by atoms with Crippen LogP contribution in [0.5, 0.6) is 5.75 Å². The van der Waals surface area contributed by atoms with E-state index in [0.29, 0.717) is 28.1 Å². The maximum atomic E-state index is 14.4. The lowest BCUT2D eigenvalue weighted by atomic mass is 10.1. The molecule has 0 fully saturated rings. The number of hydrogen-bond donors (Lipinski definition) is 0. The van der Waals surface area contributed by atoms with Crippen molar-refractivity contribution in [1.29, 1.82) is 0 Å². The van der Waals surface area contributed by atoms with Crippen molar-refractivity contribution < 1.29 is 22.3 Å². The predicted octanol–water partition coefficient (Wildman–Crippen LogP) is 4.98. The molecule has 0 amide bonds. The average Bonchev–Trinajstić information content (AvgIpc) is 3.29. The first kappa shape index (κ1) is 22.3. The zero-order chi connectivity index (χ0) is 24.7. The predicted molar refractivity (Wildman–Crippen MR) is 119 cm³/mol. The van der Waals surface area contributed by atoms with E-state index in [1.807, 2.05) is 0 Å². The summed E-state index contributed by atoms with van der Waals surface area (Å²) >= 11 is 0. The van der Waals surface area contributed by atoms with Gasteiger partial charge in [-0.05, 0) is 49.4 Å². The van der Waals surface area contributed by atoms with E-state index in [0.717, 1.165) is 12.1 Å². The van der Waals surface area contributed by atoms with Gasteiger partial charge >= 0.3 is 6.36 Å². The monoisotopic (exact) mass is 481 g/mol. The van der Waals surface area contributed by atoms with Crippen molar-refractivity contribution in [3.63, 3.8) is 0 Å². The van der Waals surface area contributed by atoms with E-state index in [-0.39, 0.29) is 17.0 Å². The Kier molecular flexibility index (Phi) is 5.31. The summed E-state index contributed by atoms with van der Waals surface area (Å²) in [7, 11) is 0. The molecule has 3 heterocycles. The van der Waals surface area contributed by atoms with Gasteiger partial charge in [-0.25, -0.2) is 18.7 Å². The van der Waals surface area contributed by atoms with E-state index in [9.17, 15) is 22.4 Å². The third kappa shape index (κ3) is 4.35. The third-order valence-electron chi connectivity index (χ3n) is 5.15. The molecular formula is C24H15F4N5O2. The van der Waals surface area contributed by atoms with Crippen molar-refractivity contribution in [1.82, 2.24) is 24.5 Å². The number of benzene rings is 2. The lowest BCUT2D eigenvalue weighted by molar-refractivity contribution is -0.274. The summed E-state index contributed by atoms with van der Waals surface area (Å²) in [5, 5.41) is 9.21. The van der Waals surface area contributed by atoms with Gasteiger partial charge in [0.1, 0.15) is 17.1 Å². The zero-order valence-electron chi connectivity index (χ0n) is 18.0. The highest BCUT2D eigenvalue weighted by atomic mass is 19.4. The van der Waals surface area contributed by atoms with Crippen LogP contribution in [0, 0.1) is 12.7 Å². The molecule has 35 heavy (non-hydrogen) atoms. The molecule has 0 spiro atoms. The second-order valence-corrected chi connectivity index (χ2v) is 7.56. The summed E-state index contributed by atoms with van der Waals surface area (Å²) in [6.45, 7) is 1.72. The number of alkyl halides is 3. The summed E-state index contributed by atoms with van der Waals surface area (Å²) < 4.78 is 58.4. The highest BCUT2D eigenvalue weighted by molar-refractivity contribution is 5.88. The topological polar surface area (TPSA) is 74.8 Å². The number of aryl methyl sites for hydroxylation is 1. The number of ether oxygens (including phenoxy) is 1. The van der Waals surface area contributed by atoms with Gasteiger partial charge in [0, 0.05) is 23.3 Å². The number of para-hydroxylation sites is 1. The maximum absolute atomic E-state index is 14.4. The summed E-state index contributed by atoms with van der Waals surface area (Å²) in [5.74, 6) is -0.868. The number of hydrogen-bond acceptors (Lipinski definition) is 5. The van der Waals surface area contributed by atoms with E-state index in [1.165, 1.54) is 46.0 Å². The van der Waals surface area contributed by atoms with Crippen LogP contribution in [-0.4, -0.2) is 30.9 Å².